The summed E-state index contributed by atoms with van der Waals surface area (Å²) in [5.74, 6) is -0.709. The van der Waals surface area contributed by atoms with Gasteiger partial charge in [0.25, 0.3) is 5.91 Å². The third-order valence-electron chi connectivity index (χ3n) is 4.39. The number of H-pyrrole nitrogens is 1. The maximum absolute atomic E-state index is 13.0. The Morgan fingerprint density at radius 2 is 1.93 bits per heavy atom. The van der Waals surface area contributed by atoms with Crippen molar-refractivity contribution in [2.45, 2.75) is 6.54 Å². The lowest BCUT2D eigenvalue weighted by Crippen LogP contribution is -2.23. The quantitative estimate of drug-likeness (QED) is 0.504. The van der Waals surface area contributed by atoms with Gasteiger partial charge in [0.05, 0.1) is 22.2 Å². The fourth-order valence-corrected chi connectivity index (χ4v) is 3.09. The molecule has 144 valence electrons. The van der Waals surface area contributed by atoms with Gasteiger partial charge in [0.2, 0.25) is 0 Å². The number of benzene rings is 1. The molecule has 2 N–H and O–H groups in total. The summed E-state index contributed by atoms with van der Waals surface area (Å²) >= 11 is 6.21. The Morgan fingerprint density at radius 1 is 1.14 bits per heavy atom. The first-order valence-electron chi connectivity index (χ1n) is 8.67. The number of nitrogens with one attached hydrogen (secondary N) is 2. The van der Waals surface area contributed by atoms with E-state index in [4.69, 9.17) is 11.6 Å². The molecule has 1 aromatic carbocycles. The summed E-state index contributed by atoms with van der Waals surface area (Å²) < 4.78 is 13.0. The zero-order valence-corrected chi connectivity index (χ0v) is 15.7. The van der Waals surface area contributed by atoms with E-state index in [0.29, 0.717) is 22.2 Å². The topological polar surface area (TPSA) is 87.7 Å². The van der Waals surface area contributed by atoms with E-state index < -0.39 is 0 Å². The summed E-state index contributed by atoms with van der Waals surface area (Å²) in [7, 11) is 0. The molecule has 0 bridgehead atoms. The van der Waals surface area contributed by atoms with Gasteiger partial charge in [-0.3, -0.25) is 14.6 Å². The van der Waals surface area contributed by atoms with Gasteiger partial charge in [-0.15, -0.1) is 0 Å². The lowest BCUT2D eigenvalue weighted by Gasteiger charge is -2.09. The normalized spacial score (nSPS) is 10.8. The number of aromatic nitrogens is 3. The van der Waals surface area contributed by atoms with Crippen LogP contribution in [0.3, 0.4) is 0 Å². The van der Waals surface area contributed by atoms with Crippen molar-refractivity contribution >= 4 is 28.4 Å². The van der Waals surface area contributed by atoms with Crippen LogP contribution in [0.25, 0.3) is 22.2 Å². The van der Waals surface area contributed by atoms with E-state index in [2.05, 4.69) is 20.3 Å². The van der Waals surface area contributed by atoms with Crippen LogP contribution in [0, 0.1) is 5.82 Å². The fraction of sp³-hybridized carbons (Fsp3) is 0.0476. The van der Waals surface area contributed by atoms with Crippen molar-refractivity contribution in [2.75, 3.05) is 0 Å². The van der Waals surface area contributed by atoms with Crippen LogP contribution in [0.4, 0.5) is 4.39 Å². The minimum atomic E-state index is -0.368. The minimum Gasteiger partial charge on any atom is -0.354 e. The summed E-state index contributed by atoms with van der Waals surface area (Å²) in [6.07, 6.45) is 4.41. The average molecular weight is 409 g/mol. The summed E-state index contributed by atoms with van der Waals surface area (Å²) in [5, 5.41) is 3.36. The Kier molecular flexibility index (Phi) is 5.05. The Labute approximate surface area is 169 Å². The Bertz CT molecular complexity index is 1270. The van der Waals surface area contributed by atoms with Gasteiger partial charge in [-0.1, -0.05) is 23.7 Å². The Morgan fingerprint density at radius 3 is 2.72 bits per heavy atom. The van der Waals surface area contributed by atoms with Crippen LogP contribution in [0.15, 0.2) is 65.8 Å². The number of hydrogen-bond donors (Lipinski definition) is 2. The summed E-state index contributed by atoms with van der Waals surface area (Å²) in [4.78, 5) is 36.0. The van der Waals surface area contributed by atoms with Crippen molar-refractivity contribution in [2.24, 2.45) is 0 Å². The molecule has 0 unspecified atom stereocenters. The third-order valence-corrected chi connectivity index (χ3v) is 4.69. The Hall–Kier alpha value is -3.58. The molecule has 8 heteroatoms. The van der Waals surface area contributed by atoms with E-state index in [1.807, 2.05) is 0 Å². The highest BCUT2D eigenvalue weighted by Crippen LogP contribution is 2.26. The molecule has 0 saturated carbocycles. The predicted molar refractivity (Wildman–Crippen MR) is 108 cm³/mol. The molecule has 0 aliphatic heterocycles. The van der Waals surface area contributed by atoms with E-state index in [9.17, 15) is 14.0 Å². The van der Waals surface area contributed by atoms with Crippen molar-refractivity contribution < 1.29 is 9.18 Å². The van der Waals surface area contributed by atoms with E-state index in [-0.39, 0.29) is 34.4 Å². The number of nitrogens with zero attached hydrogens (tertiary/aromatic N) is 2. The fourth-order valence-electron chi connectivity index (χ4n) is 2.88. The third kappa shape index (κ3) is 4.00. The van der Waals surface area contributed by atoms with Crippen LogP contribution in [0.1, 0.15) is 15.9 Å². The predicted octanol–water partition coefficient (Wildman–Crippen LogP) is 3.71. The number of hydrogen-bond acceptors (Lipinski definition) is 4. The van der Waals surface area contributed by atoms with Crippen molar-refractivity contribution in [3.05, 3.63) is 93.4 Å². The number of carbonyl (C=O) groups is 1. The molecular formula is C21H14ClFN4O2. The first-order chi connectivity index (χ1) is 14.0. The lowest BCUT2D eigenvalue weighted by atomic mass is 10.1. The molecule has 0 aliphatic rings. The molecule has 3 heterocycles. The first kappa shape index (κ1) is 18.8. The van der Waals surface area contributed by atoms with Gasteiger partial charge in [0.15, 0.2) is 5.43 Å². The van der Waals surface area contributed by atoms with Gasteiger partial charge in [-0.25, -0.2) is 9.37 Å². The molecule has 4 rings (SSSR count). The largest absolute Gasteiger partial charge is 0.354 e. The second kappa shape index (κ2) is 7.81. The Balaban J connectivity index is 1.63. The van der Waals surface area contributed by atoms with Crippen molar-refractivity contribution in [3.63, 3.8) is 0 Å². The number of aromatic amines is 1. The molecule has 0 aliphatic carbocycles. The van der Waals surface area contributed by atoms with Crippen molar-refractivity contribution in [1.82, 2.24) is 20.3 Å². The second-order valence-corrected chi connectivity index (χ2v) is 6.70. The molecule has 0 spiro atoms. The number of carbonyl (C=O) groups excluding carboxylic acids is 1. The average Bonchev–Trinajstić information content (AvgIpc) is 2.73. The van der Waals surface area contributed by atoms with Gasteiger partial charge < -0.3 is 10.3 Å². The maximum atomic E-state index is 13.0. The lowest BCUT2D eigenvalue weighted by molar-refractivity contribution is 0.0950. The summed E-state index contributed by atoms with van der Waals surface area (Å²) in [5.41, 5.74) is 2.29. The number of halogens is 2. The van der Waals surface area contributed by atoms with E-state index in [1.165, 1.54) is 30.6 Å². The molecule has 1 amide bonds. The second-order valence-electron chi connectivity index (χ2n) is 6.34. The van der Waals surface area contributed by atoms with E-state index >= 15 is 0 Å². The molecule has 0 fully saturated rings. The molecule has 6 nitrogen and oxygen atoms in total. The molecule has 3 aromatic heterocycles. The highest BCUT2D eigenvalue weighted by molar-refractivity contribution is 6.32. The van der Waals surface area contributed by atoms with Crippen LogP contribution in [-0.2, 0) is 6.54 Å². The maximum Gasteiger partial charge on any atom is 0.253 e. The minimum absolute atomic E-state index is 0.157. The number of fused-ring (bicyclic) bond motifs is 1. The SMILES string of the molecule is O=C(NCc1ccc(F)cc1)c1cnc(Cl)c(-c2cc(=O)c3cnccc3[nH]2)c1. The number of pyridine rings is 3. The number of rotatable bonds is 4. The highest BCUT2D eigenvalue weighted by atomic mass is 35.5. The molecule has 29 heavy (non-hydrogen) atoms. The van der Waals surface area contributed by atoms with Crippen LogP contribution >= 0.6 is 11.6 Å². The van der Waals surface area contributed by atoms with Gasteiger partial charge in [-0.2, -0.15) is 0 Å². The highest BCUT2D eigenvalue weighted by Gasteiger charge is 2.13. The number of amides is 1. The van der Waals surface area contributed by atoms with Crippen molar-refractivity contribution in [3.8, 4) is 11.3 Å². The van der Waals surface area contributed by atoms with E-state index in [0.717, 1.165) is 5.56 Å². The summed E-state index contributed by atoms with van der Waals surface area (Å²) in [6.45, 7) is 0.233. The smallest absolute Gasteiger partial charge is 0.253 e. The van der Waals surface area contributed by atoms with Gasteiger partial charge in [0, 0.05) is 36.8 Å². The van der Waals surface area contributed by atoms with Crippen LogP contribution in [0.5, 0.6) is 0 Å². The monoisotopic (exact) mass is 408 g/mol. The molecule has 0 radical (unpaired) electrons. The zero-order chi connectivity index (χ0) is 20.4. The van der Waals surface area contributed by atoms with Gasteiger partial charge >= 0.3 is 0 Å². The molecule has 0 atom stereocenters. The molecule has 4 aromatic rings. The standard InChI is InChI=1S/C21H14ClFN4O2/c22-20-15(18-8-19(28)16-11-24-6-5-17(16)27-18)7-13(10-25-20)21(29)26-9-12-1-3-14(23)4-2-12/h1-8,10-11H,9H2,(H,26,29)(H,27,28). The van der Waals surface area contributed by atoms with Gasteiger partial charge in [0.1, 0.15) is 11.0 Å². The van der Waals surface area contributed by atoms with Crippen LogP contribution < -0.4 is 10.7 Å². The van der Waals surface area contributed by atoms with Crippen LogP contribution in [-0.4, -0.2) is 20.9 Å². The van der Waals surface area contributed by atoms with Crippen LogP contribution in [0.2, 0.25) is 5.15 Å². The summed E-state index contributed by atoms with van der Waals surface area (Å²) in [6, 6.07) is 10.5. The van der Waals surface area contributed by atoms with Gasteiger partial charge in [-0.05, 0) is 29.8 Å². The van der Waals surface area contributed by atoms with Crippen molar-refractivity contribution in [1.29, 1.82) is 0 Å². The zero-order valence-electron chi connectivity index (χ0n) is 14.9. The first-order valence-corrected chi connectivity index (χ1v) is 9.04. The molecular weight excluding hydrogens is 395 g/mol. The van der Waals surface area contributed by atoms with E-state index in [1.54, 1.807) is 30.5 Å². The molecule has 0 saturated heterocycles.